The number of thiazole rings is 1. The number of carbonyl (C=O) groups is 4. The normalized spacial score (nSPS) is 27.7. The highest BCUT2D eigenvalue weighted by Gasteiger charge is 2.61. The van der Waals surface area contributed by atoms with Gasteiger partial charge in [-0.25, -0.2) is 14.6 Å². The summed E-state index contributed by atoms with van der Waals surface area (Å²) in [5.41, 5.74) is 0.523. The van der Waals surface area contributed by atoms with E-state index in [2.05, 4.69) is 20.9 Å². The number of methoxy groups -OCH3 is 1. The van der Waals surface area contributed by atoms with Crippen molar-refractivity contribution in [2.75, 3.05) is 13.7 Å². The first kappa shape index (κ1) is 34.6. The molecule has 7 rings (SSSR count). The fraction of sp³-hybridized carbons (Fsp3) is 0.528. The van der Waals surface area contributed by atoms with E-state index in [4.69, 9.17) is 14.9 Å². The highest BCUT2D eigenvalue weighted by atomic mass is 32.1. The van der Waals surface area contributed by atoms with Crippen molar-refractivity contribution in [1.29, 1.82) is 0 Å². The summed E-state index contributed by atoms with van der Waals surface area (Å²) in [4.78, 5) is 61.9. The number of ether oxygens (including phenoxy) is 1. The Hall–Kier alpha value is -4.79. The topological polar surface area (TPSA) is 181 Å². The Morgan fingerprint density at radius 3 is 2.51 bits per heavy atom. The summed E-state index contributed by atoms with van der Waals surface area (Å²) in [6, 6.07) is 4.74. The van der Waals surface area contributed by atoms with Crippen LogP contribution in [0.2, 0.25) is 0 Å². The van der Waals surface area contributed by atoms with Crippen LogP contribution >= 0.6 is 11.3 Å². The first-order chi connectivity index (χ1) is 24.8. The zero-order chi connectivity index (χ0) is 35.5. The summed E-state index contributed by atoms with van der Waals surface area (Å²) in [7, 11) is 1.60. The molecule has 3 aromatic rings. The van der Waals surface area contributed by atoms with Crippen LogP contribution in [0.4, 0.5) is 4.79 Å². The SMILES string of the molecule is COc1ccc(-c2nn([C@@H]3CC4C(=O)NC5(C(=O)O)CC5/C=C\CCCCCC(NC(=O)NC5CCCC5)C(=O)N4C3)nc2-c2nccs2)cc1. The fourth-order valence-corrected chi connectivity index (χ4v) is 8.24. The van der Waals surface area contributed by atoms with Crippen molar-refractivity contribution in [3.05, 3.63) is 48.0 Å². The summed E-state index contributed by atoms with van der Waals surface area (Å²) < 4.78 is 5.34. The minimum atomic E-state index is -1.43. The molecule has 3 fully saturated rings. The molecule has 4 N–H and O–H groups in total. The van der Waals surface area contributed by atoms with Crippen molar-refractivity contribution < 1.29 is 29.0 Å². The number of allylic oxidation sites excluding steroid dienone is 1. The van der Waals surface area contributed by atoms with Crippen LogP contribution in [0, 0.1) is 5.92 Å². The molecule has 0 bridgehead atoms. The Kier molecular flexibility index (Phi) is 10.1. The van der Waals surface area contributed by atoms with Crippen molar-refractivity contribution in [2.45, 2.75) is 100 Å². The molecule has 1 saturated heterocycles. The Balaban J connectivity index is 1.21. The number of aromatic nitrogens is 4. The van der Waals surface area contributed by atoms with Crippen LogP contribution in [0.25, 0.3) is 22.0 Å². The number of amides is 4. The number of carbonyl (C=O) groups excluding carboxylic acids is 3. The van der Waals surface area contributed by atoms with Crippen LogP contribution in [0.15, 0.2) is 48.0 Å². The van der Waals surface area contributed by atoms with Gasteiger partial charge < -0.3 is 30.7 Å². The van der Waals surface area contributed by atoms with Crippen LogP contribution in [0.5, 0.6) is 5.75 Å². The highest BCUT2D eigenvalue weighted by Crippen LogP contribution is 2.46. The largest absolute Gasteiger partial charge is 0.497 e. The van der Waals surface area contributed by atoms with Gasteiger partial charge in [-0.1, -0.05) is 37.8 Å². The zero-order valence-corrected chi connectivity index (χ0v) is 29.4. The molecule has 0 spiro atoms. The third kappa shape index (κ3) is 7.34. The second kappa shape index (κ2) is 14.8. The molecule has 14 nitrogen and oxygen atoms in total. The van der Waals surface area contributed by atoms with E-state index in [1.54, 1.807) is 18.1 Å². The lowest BCUT2D eigenvalue weighted by atomic mass is 10.0. The molecule has 4 amide bonds. The van der Waals surface area contributed by atoms with Gasteiger partial charge in [-0.15, -0.1) is 16.4 Å². The molecule has 2 aliphatic heterocycles. The Labute approximate surface area is 300 Å². The van der Waals surface area contributed by atoms with Gasteiger partial charge in [0, 0.05) is 42.1 Å². The molecule has 4 heterocycles. The summed E-state index contributed by atoms with van der Waals surface area (Å²) >= 11 is 1.42. The van der Waals surface area contributed by atoms with Gasteiger partial charge in [-0.05, 0) is 62.8 Å². The second-order valence-electron chi connectivity index (χ2n) is 14.0. The molecular formula is C36H44N8O6S. The molecule has 2 aromatic heterocycles. The molecule has 5 atom stereocenters. The lowest BCUT2D eigenvalue weighted by Crippen LogP contribution is -2.57. The van der Waals surface area contributed by atoms with Gasteiger partial charge in [0.1, 0.15) is 39.8 Å². The van der Waals surface area contributed by atoms with E-state index in [1.807, 2.05) is 41.8 Å². The van der Waals surface area contributed by atoms with Gasteiger partial charge in [0.05, 0.1) is 13.2 Å². The molecule has 2 aliphatic carbocycles. The van der Waals surface area contributed by atoms with Crippen LogP contribution < -0.4 is 20.7 Å². The number of aliphatic carboxylic acids is 1. The maximum atomic E-state index is 14.5. The Bertz CT molecular complexity index is 1770. The number of hydrogen-bond acceptors (Lipinski definition) is 9. The van der Waals surface area contributed by atoms with Crippen molar-refractivity contribution in [1.82, 2.24) is 40.8 Å². The number of carboxylic acid groups (broad SMARTS) is 1. The van der Waals surface area contributed by atoms with Gasteiger partial charge in [0.2, 0.25) is 11.8 Å². The van der Waals surface area contributed by atoms with E-state index in [0.29, 0.717) is 35.0 Å². The quantitative estimate of drug-likeness (QED) is 0.259. The Morgan fingerprint density at radius 1 is 1.02 bits per heavy atom. The summed E-state index contributed by atoms with van der Waals surface area (Å²) in [6.07, 6.45) is 13.5. The molecule has 2 saturated carbocycles. The smallest absolute Gasteiger partial charge is 0.330 e. The number of fused-ring (bicyclic) bond motifs is 2. The first-order valence-electron chi connectivity index (χ1n) is 17.9. The molecule has 4 aliphatic rings. The predicted molar refractivity (Wildman–Crippen MR) is 189 cm³/mol. The molecule has 51 heavy (non-hydrogen) atoms. The summed E-state index contributed by atoms with van der Waals surface area (Å²) in [5, 5.41) is 31.3. The minimum absolute atomic E-state index is 0.0698. The van der Waals surface area contributed by atoms with Gasteiger partial charge in [-0.2, -0.15) is 9.90 Å². The number of benzene rings is 1. The molecule has 1 aromatic carbocycles. The van der Waals surface area contributed by atoms with Crippen LogP contribution in [-0.2, 0) is 14.4 Å². The number of nitrogens with one attached hydrogen (secondary N) is 3. The lowest BCUT2D eigenvalue weighted by molar-refractivity contribution is -0.145. The predicted octanol–water partition coefficient (Wildman–Crippen LogP) is 4.31. The average Bonchev–Trinajstić information content (AvgIpc) is 3.77. The molecule has 270 valence electrons. The lowest BCUT2D eigenvalue weighted by Gasteiger charge is -2.30. The maximum absolute atomic E-state index is 14.5. The van der Waals surface area contributed by atoms with Gasteiger partial charge in [0.25, 0.3) is 0 Å². The first-order valence-corrected chi connectivity index (χ1v) is 18.7. The molecule has 0 radical (unpaired) electrons. The van der Waals surface area contributed by atoms with Crippen molar-refractivity contribution in [2.24, 2.45) is 5.92 Å². The zero-order valence-electron chi connectivity index (χ0n) is 28.6. The van der Waals surface area contributed by atoms with E-state index >= 15 is 0 Å². The van der Waals surface area contributed by atoms with Crippen LogP contribution in [0.3, 0.4) is 0 Å². The van der Waals surface area contributed by atoms with Crippen LogP contribution in [0.1, 0.15) is 76.7 Å². The van der Waals surface area contributed by atoms with Crippen molar-refractivity contribution in [3.8, 4) is 27.7 Å². The van der Waals surface area contributed by atoms with E-state index in [-0.39, 0.29) is 37.3 Å². The number of hydrogen-bond donors (Lipinski definition) is 4. The van der Waals surface area contributed by atoms with Gasteiger partial charge in [0.15, 0.2) is 0 Å². The summed E-state index contributed by atoms with van der Waals surface area (Å²) in [5.74, 6) is -1.67. The van der Waals surface area contributed by atoms with Crippen molar-refractivity contribution in [3.63, 3.8) is 0 Å². The van der Waals surface area contributed by atoms with Crippen LogP contribution in [-0.4, -0.2) is 91.1 Å². The molecule has 4 unspecified atom stereocenters. The number of carboxylic acids is 1. The number of urea groups is 1. The Morgan fingerprint density at radius 2 is 1.78 bits per heavy atom. The van der Waals surface area contributed by atoms with E-state index in [9.17, 15) is 24.3 Å². The average molecular weight is 717 g/mol. The second-order valence-corrected chi connectivity index (χ2v) is 14.9. The fourth-order valence-electron chi connectivity index (χ4n) is 7.61. The minimum Gasteiger partial charge on any atom is -0.497 e. The van der Waals surface area contributed by atoms with E-state index < -0.39 is 41.6 Å². The summed E-state index contributed by atoms with van der Waals surface area (Å²) in [6.45, 7) is 0.0940. The standard InChI is InChI=1S/C36H44N8O6S/c1-50-26-15-13-22(14-16-26)29-30(32-37-17-18-51-32)42-44(41-29)25-19-28-31(45)40-36(34(47)48)20-23(36)9-5-3-2-4-6-12-27(33(46)43(28)21-25)39-35(49)38-24-10-7-8-11-24/h5,9,13-18,23-25,27-28H,2-4,6-8,10-12,19-21H2,1H3,(H,40,45)(H,47,48)(H2,38,39,49)/b9-5-/t23?,25-,27?,28?,36?/m1/s1. The monoisotopic (exact) mass is 716 g/mol. The van der Waals surface area contributed by atoms with Gasteiger partial charge in [-0.3, -0.25) is 9.59 Å². The highest BCUT2D eigenvalue weighted by molar-refractivity contribution is 7.13. The van der Waals surface area contributed by atoms with Gasteiger partial charge >= 0.3 is 12.0 Å². The third-order valence-corrected chi connectivity index (χ3v) is 11.4. The molecular weight excluding hydrogens is 673 g/mol. The maximum Gasteiger partial charge on any atom is 0.330 e. The molecule has 15 heteroatoms. The van der Waals surface area contributed by atoms with E-state index in [1.165, 1.54) is 16.2 Å². The van der Waals surface area contributed by atoms with Crippen molar-refractivity contribution >= 4 is 35.2 Å². The van der Waals surface area contributed by atoms with E-state index in [0.717, 1.165) is 50.5 Å². The third-order valence-electron chi connectivity index (χ3n) is 10.6. The number of nitrogens with zero attached hydrogens (tertiary/aromatic N) is 5. The number of rotatable bonds is 7.